The fourth-order valence-electron chi connectivity index (χ4n) is 4.70. The summed E-state index contributed by atoms with van der Waals surface area (Å²) < 4.78 is 27.4. The molecule has 4 aromatic rings. The van der Waals surface area contributed by atoms with E-state index in [2.05, 4.69) is 32.7 Å². The van der Waals surface area contributed by atoms with E-state index in [4.69, 9.17) is 31.2 Å². The van der Waals surface area contributed by atoms with Gasteiger partial charge >= 0.3 is 0 Å². The Kier molecular flexibility index (Phi) is 6.77. The quantitative estimate of drug-likeness (QED) is 0.352. The Morgan fingerprint density at radius 3 is 2.46 bits per heavy atom. The van der Waals surface area contributed by atoms with Crippen LogP contribution >= 0.6 is 11.6 Å². The Bertz CT molecular complexity index is 1370. The Morgan fingerprint density at radius 1 is 0.946 bits per heavy atom. The minimum atomic E-state index is -0.457. The van der Waals surface area contributed by atoms with E-state index in [9.17, 15) is 4.39 Å². The summed E-state index contributed by atoms with van der Waals surface area (Å²) >= 11 is 6.26. The van der Waals surface area contributed by atoms with E-state index in [0.29, 0.717) is 36.0 Å². The number of benzene rings is 2. The van der Waals surface area contributed by atoms with Crippen LogP contribution in [0.2, 0.25) is 5.02 Å². The number of fused-ring (bicyclic) bond motifs is 1. The number of anilines is 5. The van der Waals surface area contributed by atoms with Crippen LogP contribution in [0.4, 0.5) is 33.2 Å². The van der Waals surface area contributed by atoms with Crippen molar-refractivity contribution in [2.75, 3.05) is 55.1 Å². The fraction of sp³-hybridized carbons (Fsp3) is 0.346. The SMILES string of the molecule is Fc1cccc(Cl)c1Nc1nn(C2CCOCC2)c2nc(Nc3ccc(N4CCOCC4)cc3)ncc12. The molecule has 0 spiro atoms. The normalized spacial score (nSPS) is 16.8. The topological polar surface area (TPSA) is 89.4 Å². The number of hydrogen-bond donors (Lipinski definition) is 2. The summed E-state index contributed by atoms with van der Waals surface area (Å²) in [6.45, 7) is 4.57. The van der Waals surface area contributed by atoms with Gasteiger partial charge in [-0.15, -0.1) is 0 Å². The van der Waals surface area contributed by atoms with E-state index >= 15 is 0 Å². The van der Waals surface area contributed by atoms with Gasteiger partial charge in [0, 0.05) is 43.9 Å². The third-order valence-electron chi connectivity index (χ3n) is 6.69. The lowest BCUT2D eigenvalue weighted by atomic mass is 10.1. The van der Waals surface area contributed by atoms with Crippen molar-refractivity contribution >= 4 is 51.5 Å². The molecule has 2 aliphatic rings. The Morgan fingerprint density at radius 2 is 1.70 bits per heavy atom. The zero-order valence-electron chi connectivity index (χ0n) is 20.2. The van der Waals surface area contributed by atoms with Crippen LogP contribution in [0.25, 0.3) is 11.0 Å². The molecule has 2 aliphatic heterocycles. The largest absolute Gasteiger partial charge is 0.381 e. The van der Waals surface area contributed by atoms with Crippen LogP contribution in [0.3, 0.4) is 0 Å². The van der Waals surface area contributed by atoms with Gasteiger partial charge in [-0.05, 0) is 49.2 Å². The fourth-order valence-corrected chi connectivity index (χ4v) is 4.91. The first-order valence-electron chi connectivity index (χ1n) is 12.4. The van der Waals surface area contributed by atoms with E-state index < -0.39 is 5.82 Å². The van der Waals surface area contributed by atoms with E-state index in [1.165, 1.54) is 6.07 Å². The molecular formula is C26H27ClFN7O2. The van der Waals surface area contributed by atoms with Gasteiger partial charge in [0.05, 0.1) is 35.4 Å². The Labute approximate surface area is 218 Å². The highest BCUT2D eigenvalue weighted by Gasteiger charge is 2.23. The summed E-state index contributed by atoms with van der Waals surface area (Å²) in [7, 11) is 0. The first-order chi connectivity index (χ1) is 18.2. The van der Waals surface area contributed by atoms with Crippen LogP contribution in [-0.2, 0) is 9.47 Å². The lowest BCUT2D eigenvalue weighted by molar-refractivity contribution is 0.0674. The van der Waals surface area contributed by atoms with Gasteiger partial charge in [0.25, 0.3) is 0 Å². The highest BCUT2D eigenvalue weighted by molar-refractivity contribution is 6.33. The van der Waals surface area contributed by atoms with Crippen molar-refractivity contribution in [1.29, 1.82) is 0 Å². The number of nitrogens with one attached hydrogen (secondary N) is 2. The molecule has 11 heteroatoms. The molecule has 2 aromatic heterocycles. The van der Waals surface area contributed by atoms with Crippen LogP contribution in [0, 0.1) is 5.82 Å². The molecule has 37 heavy (non-hydrogen) atoms. The van der Waals surface area contributed by atoms with Gasteiger partial charge in [0.15, 0.2) is 11.5 Å². The lowest BCUT2D eigenvalue weighted by Crippen LogP contribution is -2.36. The Hall–Kier alpha value is -3.47. The zero-order chi connectivity index (χ0) is 25.2. The van der Waals surface area contributed by atoms with E-state index in [1.807, 2.05) is 16.8 Å². The average Bonchev–Trinajstić information content (AvgIpc) is 3.30. The molecule has 0 unspecified atom stereocenters. The number of hydrogen-bond acceptors (Lipinski definition) is 8. The van der Waals surface area contributed by atoms with Crippen LogP contribution in [0.5, 0.6) is 0 Å². The maximum absolute atomic E-state index is 14.5. The van der Waals surface area contributed by atoms with Crippen LogP contribution in [-0.4, -0.2) is 59.3 Å². The first-order valence-corrected chi connectivity index (χ1v) is 12.8. The lowest BCUT2D eigenvalue weighted by Gasteiger charge is -2.28. The molecule has 2 aromatic carbocycles. The molecule has 192 valence electrons. The predicted molar refractivity (Wildman–Crippen MR) is 142 cm³/mol. The molecule has 0 bridgehead atoms. The summed E-state index contributed by atoms with van der Waals surface area (Å²) in [5.74, 6) is 0.450. The highest BCUT2D eigenvalue weighted by atomic mass is 35.5. The van der Waals surface area contributed by atoms with Crippen molar-refractivity contribution in [1.82, 2.24) is 19.7 Å². The molecule has 6 rings (SSSR count). The molecule has 4 heterocycles. The molecule has 2 N–H and O–H groups in total. The van der Waals surface area contributed by atoms with Gasteiger partial charge < -0.3 is 25.0 Å². The number of aromatic nitrogens is 4. The molecule has 0 saturated carbocycles. The second-order valence-electron chi connectivity index (χ2n) is 9.06. The van der Waals surface area contributed by atoms with Gasteiger partial charge in [-0.3, -0.25) is 0 Å². The first kappa shape index (κ1) is 23.9. The van der Waals surface area contributed by atoms with Gasteiger partial charge in [-0.1, -0.05) is 17.7 Å². The number of rotatable bonds is 6. The van der Waals surface area contributed by atoms with E-state index in [0.717, 1.165) is 50.5 Å². The maximum atomic E-state index is 14.5. The molecule has 2 fully saturated rings. The third kappa shape index (κ3) is 5.04. The second-order valence-corrected chi connectivity index (χ2v) is 9.47. The summed E-state index contributed by atoms with van der Waals surface area (Å²) in [6.07, 6.45) is 3.32. The molecule has 0 aliphatic carbocycles. The number of halogens is 2. The van der Waals surface area contributed by atoms with Gasteiger partial charge in [-0.25, -0.2) is 14.1 Å². The zero-order valence-corrected chi connectivity index (χ0v) is 20.9. The molecule has 0 radical (unpaired) electrons. The second kappa shape index (κ2) is 10.5. The third-order valence-corrected chi connectivity index (χ3v) is 7.01. The van der Waals surface area contributed by atoms with E-state index in [1.54, 1.807) is 18.3 Å². The number of para-hydroxylation sites is 1. The van der Waals surface area contributed by atoms with Gasteiger partial charge in [-0.2, -0.15) is 10.1 Å². The number of ether oxygens (including phenoxy) is 2. The van der Waals surface area contributed by atoms with Crippen molar-refractivity contribution in [2.24, 2.45) is 0 Å². The van der Waals surface area contributed by atoms with Gasteiger partial charge in [0.1, 0.15) is 5.82 Å². The number of nitrogens with zero attached hydrogens (tertiary/aromatic N) is 5. The predicted octanol–water partition coefficient (Wildman–Crippen LogP) is 5.29. The van der Waals surface area contributed by atoms with Crippen molar-refractivity contribution in [3.05, 3.63) is 59.5 Å². The average molecular weight is 524 g/mol. The molecule has 2 saturated heterocycles. The van der Waals surface area contributed by atoms with Crippen molar-refractivity contribution in [3.63, 3.8) is 0 Å². The van der Waals surface area contributed by atoms with Crippen molar-refractivity contribution in [2.45, 2.75) is 18.9 Å². The monoisotopic (exact) mass is 523 g/mol. The maximum Gasteiger partial charge on any atom is 0.229 e. The van der Waals surface area contributed by atoms with E-state index in [-0.39, 0.29) is 16.8 Å². The van der Waals surface area contributed by atoms with Gasteiger partial charge in [0.2, 0.25) is 5.95 Å². The van der Waals surface area contributed by atoms with Crippen LogP contribution < -0.4 is 15.5 Å². The molecule has 0 atom stereocenters. The minimum Gasteiger partial charge on any atom is -0.381 e. The van der Waals surface area contributed by atoms with Crippen molar-refractivity contribution < 1.29 is 13.9 Å². The van der Waals surface area contributed by atoms with Crippen LogP contribution in [0.15, 0.2) is 48.7 Å². The molecular weight excluding hydrogens is 497 g/mol. The number of morpholine rings is 1. The highest BCUT2D eigenvalue weighted by Crippen LogP contribution is 2.34. The summed E-state index contributed by atoms with van der Waals surface area (Å²) in [6, 6.07) is 12.9. The van der Waals surface area contributed by atoms with Crippen molar-refractivity contribution in [3.8, 4) is 0 Å². The summed E-state index contributed by atoms with van der Waals surface area (Å²) in [5.41, 5.74) is 2.87. The minimum absolute atomic E-state index is 0.110. The summed E-state index contributed by atoms with van der Waals surface area (Å²) in [5, 5.41) is 12.1. The summed E-state index contributed by atoms with van der Waals surface area (Å²) in [4.78, 5) is 11.6. The Balaban J connectivity index is 1.31. The standard InChI is InChI=1S/C26H27ClFN7O2/c27-21-2-1-3-22(28)23(21)31-24-20-16-29-26(32-25(20)35(33-24)19-8-12-36-13-9-19)30-17-4-6-18(7-5-17)34-10-14-37-15-11-34/h1-7,16,19H,8-15H2,(H,31,33)(H,29,30,32). The smallest absolute Gasteiger partial charge is 0.229 e. The molecule has 9 nitrogen and oxygen atoms in total. The van der Waals surface area contributed by atoms with Crippen LogP contribution in [0.1, 0.15) is 18.9 Å². The molecule has 0 amide bonds.